The Morgan fingerprint density at radius 3 is 1.74 bits per heavy atom. The van der Waals surface area contributed by atoms with E-state index in [1.54, 1.807) is 24.3 Å². The number of benzene rings is 4. The van der Waals surface area contributed by atoms with Gasteiger partial charge in [-0.25, -0.2) is 4.99 Å². The van der Waals surface area contributed by atoms with Gasteiger partial charge in [-0.1, -0.05) is 81.7 Å². The number of aliphatic hydroxyl groups is 1. The van der Waals surface area contributed by atoms with Crippen molar-refractivity contribution in [1.29, 1.82) is 5.41 Å². The number of phenols is 2. The molecule has 0 aliphatic carbocycles. The van der Waals surface area contributed by atoms with Gasteiger partial charge in [-0.2, -0.15) is 0 Å². The minimum atomic E-state index is -1.83. The first-order valence-corrected chi connectivity index (χ1v) is 28.0. The molecule has 0 aromatic heterocycles. The van der Waals surface area contributed by atoms with Crippen molar-refractivity contribution in [3.63, 3.8) is 0 Å². The molecule has 1 aliphatic heterocycles. The van der Waals surface area contributed by atoms with Crippen LogP contribution in [-0.4, -0.2) is 147 Å². The second kappa shape index (κ2) is 30.9. The highest BCUT2D eigenvalue weighted by Gasteiger charge is 2.36. The molecule has 0 unspecified atom stereocenters. The number of hydrogen-bond acceptors (Lipinski definition) is 16. The maximum absolute atomic E-state index is 14.8. The van der Waals surface area contributed by atoms with E-state index in [1.807, 2.05) is 0 Å². The Morgan fingerprint density at radius 2 is 1.20 bits per heavy atom. The second-order valence-corrected chi connectivity index (χ2v) is 21.8. The van der Waals surface area contributed by atoms with Gasteiger partial charge in [-0.05, 0) is 97.0 Å². The zero-order chi connectivity index (χ0) is 59.3. The number of halogens is 1. The van der Waals surface area contributed by atoms with Crippen LogP contribution in [0.2, 0.25) is 5.02 Å². The third-order valence-electron chi connectivity index (χ3n) is 12.3. The molecule has 1 fully saturated rings. The molecule has 0 bridgehead atoms. The maximum Gasteiger partial charge on any atom is 0.269 e. The molecule has 0 saturated carbocycles. The standard InChI is InChI=1S/C53H64ClN13O12S2/c1-27(68)43-52(79)66-42(50(77)62-38(45(57)72)22-30-8-16-34(69)17-9-30)26-81-80-25-41(65-46(73)36(55)21-28-6-14-33(54)15-7-28)51(78)64-40(24-31-10-18-35(70)19-11-31)49(76)63-39(23-29-4-12-32(13-5-29)44(56)71)48(75)61-37(47(74)67-43)3-2-20-60-53(58)59/h4-19,27,36-37,39-43,68-70H,2-3,20-26,55H2,1H3,(H2,56,71)(H2,57,72)(H,61,75)(H,63,76)(H,64,78)(H,65,73)(H,66,79)(H,67,74)(H4,58,59,60)/b62-38+/t27-,36+,37+,39-,40+,41-,42+,43+/m1/s1. The summed E-state index contributed by atoms with van der Waals surface area (Å²) < 4.78 is 0. The number of primary amides is 2. The van der Waals surface area contributed by atoms with Crippen LogP contribution in [0.25, 0.3) is 0 Å². The SMILES string of the molecule is C[C@@H](O)[C@@H]1NC(=O)[C@H](CCCNC(=N)N)NC(=O)[C@@H](Cc2ccc(C(N)=O)cc2)NC(=O)[C@H](Cc2ccc(O)cc2)NC(=O)[C@H](NC(=O)[C@@H](N)Cc2ccc(Cl)cc2)CSSC[C@@H](C(=O)/N=C(\Cc2ccc(O)cc2)C(N)=O)NC1=O. The quantitative estimate of drug-likeness (QED) is 0.0242. The van der Waals surface area contributed by atoms with Crippen LogP contribution in [0.3, 0.4) is 0 Å². The van der Waals surface area contributed by atoms with Gasteiger partial charge in [-0.15, -0.1) is 0 Å². The second-order valence-electron chi connectivity index (χ2n) is 18.8. The number of aliphatic imine (C=N–C) groups is 1. The third-order valence-corrected chi connectivity index (χ3v) is 15.0. The molecular weight excluding hydrogens is 1110 g/mol. The van der Waals surface area contributed by atoms with Crippen molar-refractivity contribution in [3.05, 3.63) is 130 Å². The molecule has 25 nitrogen and oxygen atoms in total. The lowest BCUT2D eigenvalue weighted by molar-refractivity contribution is -0.136. The Hall–Kier alpha value is -8.24. The summed E-state index contributed by atoms with van der Waals surface area (Å²) in [6.45, 7) is 1.19. The van der Waals surface area contributed by atoms with Gasteiger partial charge in [0.25, 0.3) is 11.8 Å². The fraction of sp³-hybridized carbons (Fsp3) is 0.340. The van der Waals surface area contributed by atoms with Crippen LogP contribution >= 0.6 is 33.2 Å². The lowest BCUT2D eigenvalue weighted by atomic mass is 10.0. The number of carbonyl (C=O) groups excluding carboxylic acids is 9. The number of nitrogens with zero attached hydrogens (tertiary/aromatic N) is 1. The molecule has 0 spiro atoms. The maximum atomic E-state index is 14.8. The van der Waals surface area contributed by atoms with Crippen molar-refractivity contribution in [2.24, 2.45) is 27.9 Å². The van der Waals surface area contributed by atoms with E-state index in [-0.39, 0.29) is 73.6 Å². The van der Waals surface area contributed by atoms with Crippen LogP contribution in [0, 0.1) is 5.41 Å². The first-order chi connectivity index (χ1) is 38.4. The third kappa shape index (κ3) is 20.7. The van der Waals surface area contributed by atoms with Gasteiger partial charge in [-0.3, -0.25) is 48.6 Å². The van der Waals surface area contributed by atoms with E-state index in [9.17, 15) is 58.5 Å². The zero-order valence-corrected chi connectivity index (χ0v) is 46.1. The molecule has 1 saturated heterocycles. The predicted molar refractivity (Wildman–Crippen MR) is 304 cm³/mol. The van der Waals surface area contributed by atoms with E-state index in [0.717, 1.165) is 21.6 Å². The Morgan fingerprint density at radius 1 is 0.691 bits per heavy atom. The summed E-state index contributed by atoms with van der Waals surface area (Å²) in [6.07, 6.45) is -2.63. The van der Waals surface area contributed by atoms with E-state index < -0.39 is 113 Å². The normalized spacial score (nSPS) is 20.6. The topological polar surface area (TPSA) is 439 Å². The lowest BCUT2D eigenvalue weighted by Crippen LogP contribution is -2.61. The summed E-state index contributed by atoms with van der Waals surface area (Å²) in [7, 11) is 1.82. The monoisotopic (exact) mass is 1170 g/mol. The van der Waals surface area contributed by atoms with Gasteiger partial charge >= 0.3 is 0 Å². The molecule has 19 N–H and O–H groups in total. The number of hydrogen-bond donors (Lipinski definition) is 15. The highest BCUT2D eigenvalue weighted by molar-refractivity contribution is 8.76. The number of nitrogens with one attached hydrogen (secondary N) is 8. The number of nitrogens with two attached hydrogens (primary N) is 4. The Bertz CT molecular complexity index is 2940. The van der Waals surface area contributed by atoms with Crippen LogP contribution < -0.4 is 60.2 Å². The van der Waals surface area contributed by atoms with Crippen LogP contribution in [0.5, 0.6) is 11.5 Å². The lowest BCUT2D eigenvalue weighted by Gasteiger charge is -2.29. The van der Waals surface area contributed by atoms with Crippen LogP contribution in [0.4, 0.5) is 0 Å². The number of aliphatic hydroxyl groups excluding tert-OH is 1. The summed E-state index contributed by atoms with van der Waals surface area (Å²) in [6, 6.07) is 12.7. The molecular formula is C53H64ClN13O12S2. The molecule has 4 aromatic rings. The number of carbonyl (C=O) groups is 9. The molecule has 4 aromatic carbocycles. The molecule has 28 heteroatoms. The van der Waals surface area contributed by atoms with Crippen molar-refractivity contribution in [1.82, 2.24) is 37.2 Å². The summed E-state index contributed by atoms with van der Waals surface area (Å²) in [5.41, 5.74) is 24.5. The zero-order valence-electron chi connectivity index (χ0n) is 43.7. The first-order valence-electron chi connectivity index (χ1n) is 25.1. The van der Waals surface area contributed by atoms with Gasteiger partial charge in [0.2, 0.25) is 41.4 Å². The van der Waals surface area contributed by atoms with Gasteiger partial charge in [0.05, 0.1) is 12.1 Å². The summed E-state index contributed by atoms with van der Waals surface area (Å²) >= 11 is 6.06. The van der Waals surface area contributed by atoms with Crippen molar-refractivity contribution < 1.29 is 58.5 Å². The van der Waals surface area contributed by atoms with E-state index >= 15 is 0 Å². The number of guanidine groups is 1. The van der Waals surface area contributed by atoms with E-state index in [2.05, 4.69) is 42.2 Å². The number of rotatable bonds is 18. The summed E-state index contributed by atoms with van der Waals surface area (Å²) in [5, 5.41) is 57.1. The van der Waals surface area contributed by atoms with Crippen LogP contribution in [0.1, 0.15) is 52.4 Å². The fourth-order valence-electron chi connectivity index (χ4n) is 7.90. The van der Waals surface area contributed by atoms with Crippen LogP contribution in [0.15, 0.2) is 102 Å². The van der Waals surface area contributed by atoms with E-state index in [0.29, 0.717) is 27.3 Å². The van der Waals surface area contributed by atoms with Crippen LogP contribution in [-0.2, 0) is 64.0 Å². The van der Waals surface area contributed by atoms with Gasteiger partial charge in [0, 0.05) is 47.9 Å². The Kier molecular flexibility index (Phi) is 24.3. The molecule has 1 heterocycles. The molecule has 1 aliphatic rings. The summed E-state index contributed by atoms with van der Waals surface area (Å²) in [5.74, 6) is -9.99. The van der Waals surface area contributed by atoms with Crippen molar-refractivity contribution in [2.75, 3.05) is 18.1 Å². The smallest absolute Gasteiger partial charge is 0.269 e. The molecule has 5 rings (SSSR count). The average molecular weight is 1170 g/mol. The van der Waals surface area contributed by atoms with Crippen molar-refractivity contribution in [3.8, 4) is 11.5 Å². The van der Waals surface area contributed by atoms with Crippen molar-refractivity contribution >= 4 is 98.0 Å². The Labute approximate surface area is 478 Å². The predicted octanol–water partition coefficient (Wildman–Crippen LogP) is -1.15. The molecule has 432 valence electrons. The average Bonchev–Trinajstić information content (AvgIpc) is 3.47. The number of aromatic hydroxyl groups is 2. The van der Waals surface area contributed by atoms with Gasteiger partial charge < -0.3 is 75.5 Å². The fourth-order valence-corrected chi connectivity index (χ4v) is 10.3. The minimum Gasteiger partial charge on any atom is -0.508 e. The minimum absolute atomic E-state index is 0.00787. The van der Waals surface area contributed by atoms with Crippen molar-refractivity contribution in [2.45, 2.75) is 93.8 Å². The first kappa shape index (κ1) is 63.6. The Balaban J connectivity index is 1.60. The molecule has 81 heavy (non-hydrogen) atoms. The number of phenolic OH excluding ortho intramolecular Hbond substituents is 2. The molecule has 8 atom stereocenters. The number of amides is 9. The largest absolute Gasteiger partial charge is 0.508 e. The highest BCUT2D eigenvalue weighted by atomic mass is 35.5. The van der Waals surface area contributed by atoms with Gasteiger partial charge in [0.15, 0.2) is 5.96 Å². The molecule has 9 amide bonds. The van der Waals surface area contributed by atoms with E-state index in [4.69, 9.17) is 39.9 Å². The van der Waals surface area contributed by atoms with E-state index in [1.165, 1.54) is 79.7 Å². The molecule has 0 radical (unpaired) electrons. The van der Waals surface area contributed by atoms with Gasteiger partial charge in [0.1, 0.15) is 53.5 Å². The highest BCUT2D eigenvalue weighted by Crippen LogP contribution is 2.25. The summed E-state index contributed by atoms with van der Waals surface area (Å²) in [4.78, 5) is 129.